The van der Waals surface area contributed by atoms with Gasteiger partial charge in [0.15, 0.2) is 0 Å². The summed E-state index contributed by atoms with van der Waals surface area (Å²) in [4.78, 5) is 0. The fourth-order valence-electron chi connectivity index (χ4n) is 0.900. The highest BCUT2D eigenvalue weighted by Crippen LogP contribution is 2.39. The van der Waals surface area contributed by atoms with E-state index in [1.54, 1.807) is 0 Å². The third kappa shape index (κ3) is 3.89. The van der Waals surface area contributed by atoms with Crippen LogP contribution in [0.1, 0.15) is 52.9 Å². The molecule has 0 spiro atoms. The molecule has 0 aromatic carbocycles. The molecule has 0 aliphatic heterocycles. The van der Waals surface area contributed by atoms with Gasteiger partial charge >= 0.3 is 0 Å². The van der Waals surface area contributed by atoms with Crippen LogP contribution in [0.25, 0.3) is 0 Å². The predicted molar refractivity (Wildman–Crippen MR) is 45.1 cm³/mol. The SMILES string of the molecule is CC.CCCCC1(O)CC1. The summed E-state index contributed by atoms with van der Waals surface area (Å²) in [5.74, 6) is 0. The van der Waals surface area contributed by atoms with Crippen LogP contribution in [0.5, 0.6) is 0 Å². The van der Waals surface area contributed by atoms with Crippen LogP contribution in [0, 0.1) is 0 Å². The molecule has 1 N–H and O–H groups in total. The highest BCUT2D eigenvalue weighted by Gasteiger charge is 2.38. The van der Waals surface area contributed by atoms with Crippen molar-refractivity contribution >= 4 is 0 Å². The van der Waals surface area contributed by atoms with Gasteiger partial charge in [0.25, 0.3) is 0 Å². The zero-order chi connectivity index (χ0) is 8.04. The third-order valence-electron chi connectivity index (χ3n) is 1.82. The largest absolute Gasteiger partial charge is 0.390 e. The smallest absolute Gasteiger partial charge is 0.0650 e. The van der Waals surface area contributed by atoms with Gasteiger partial charge in [-0.15, -0.1) is 0 Å². The lowest BCUT2D eigenvalue weighted by Gasteiger charge is -2.03. The van der Waals surface area contributed by atoms with E-state index in [2.05, 4.69) is 6.92 Å². The average molecular weight is 144 g/mol. The first-order valence-electron chi connectivity index (χ1n) is 4.49. The lowest BCUT2D eigenvalue weighted by atomic mass is 10.1. The van der Waals surface area contributed by atoms with Gasteiger partial charge in [-0.1, -0.05) is 33.6 Å². The van der Waals surface area contributed by atoms with Crippen LogP contribution in [-0.4, -0.2) is 10.7 Å². The summed E-state index contributed by atoms with van der Waals surface area (Å²) in [6.07, 6.45) is 5.53. The molecule has 1 nitrogen and oxygen atoms in total. The first-order valence-corrected chi connectivity index (χ1v) is 4.49. The molecule has 0 heterocycles. The van der Waals surface area contributed by atoms with Crippen LogP contribution < -0.4 is 0 Å². The Hall–Kier alpha value is -0.0400. The Kier molecular flexibility index (Phi) is 4.71. The fraction of sp³-hybridized carbons (Fsp3) is 1.00. The monoisotopic (exact) mass is 144 g/mol. The van der Waals surface area contributed by atoms with Gasteiger partial charge in [0.05, 0.1) is 5.60 Å². The molecule has 10 heavy (non-hydrogen) atoms. The summed E-state index contributed by atoms with van der Waals surface area (Å²) in [6.45, 7) is 6.16. The van der Waals surface area contributed by atoms with Gasteiger partial charge in [0.2, 0.25) is 0 Å². The molecule has 0 saturated heterocycles. The van der Waals surface area contributed by atoms with Crippen LogP contribution in [0.3, 0.4) is 0 Å². The van der Waals surface area contributed by atoms with Crippen molar-refractivity contribution in [2.75, 3.05) is 0 Å². The van der Waals surface area contributed by atoms with Crippen molar-refractivity contribution in [1.29, 1.82) is 0 Å². The molecule has 0 amide bonds. The maximum Gasteiger partial charge on any atom is 0.0650 e. The van der Waals surface area contributed by atoms with Gasteiger partial charge in [-0.05, 0) is 19.3 Å². The van der Waals surface area contributed by atoms with Gasteiger partial charge in [0.1, 0.15) is 0 Å². The Balaban J connectivity index is 0.000000371. The Morgan fingerprint density at radius 1 is 1.30 bits per heavy atom. The molecule has 1 saturated carbocycles. The Bertz CT molecular complexity index is 74.8. The zero-order valence-corrected chi connectivity index (χ0v) is 7.48. The first kappa shape index (κ1) is 9.96. The highest BCUT2D eigenvalue weighted by molar-refractivity contribution is 4.92. The van der Waals surface area contributed by atoms with Crippen molar-refractivity contribution in [3.8, 4) is 0 Å². The molecule has 1 heteroatoms. The van der Waals surface area contributed by atoms with Crippen LogP contribution in [0.15, 0.2) is 0 Å². The maximum atomic E-state index is 9.26. The van der Waals surface area contributed by atoms with Gasteiger partial charge in [-0.3, -0.25) is 0 Å². The summed E-state index contributed by atoms with van der Waals surface area (Å²) < 4.78 is 0. The second-order valence-corrected chi connectivity index (χ2v) is 2.83. The van der Waals surface area contributed by atoms with Gasteiger partial charge in [-0.25, -0.2) is 0 Å². The minimum absolute atomic E-state index is 0.198. The molecule has 1 aliphatic carbocycles. The van der Waals surface area contributed by atoms with Crippen LogP contribution in [-0.2, 0) is 0 Å². The lowest BCUT2D eigenvalue weighted by Crippen LogP contribution is -2.04. The molecule has 0 bridgehead atoms. The highest BCUT2D eigenvalue weighted by atomic mass is 16.3. The van der Waals surface area contributed by atoms with Crippen molar-refractivity contribution < 1.29 is 5.11 Å². The quantitative estimate of drug-likeness (QED) is 0.645. The Morgan fingerprint density at radius 2 is 1.80 bits per heavy atom. The molecule has 1 aliphatic rings. The van der Waals surface area contributed by atoms with E-state index >= 15 is 0 Å². The van der Waals surface area contributed by atoms with Crippen molar-refractivity contribution in [2.45, 2.75) is 58.5 Å². The molecule has 1 rings (SSSR count). The predicted octanol–water partition coefficient (Wildman–Crippen LogP) is 2.73. The minimum Gasteiger partial charge on any atom is -0.390 e. The number of unbranched alkanes of at least 4 members (excludes halogenated alkanes) is 1. The van der Waals surface area contributed by atoms with E-state index in [0.717, 1.165) is 19.3 Å². The van der Waals surface area contributed by atoms with Crippen LogP contribution in [0.2, 0.25) is 0 Å². The van der Waals surface area contributed by atoms with Crippen molar-refractivity contribution in [2.24, 2.45) is 0 Å². The zero-order valence-electron chi connectivity index (χ0n) is 7.48. The molecule has 62 valence electrons. The molecule has 0 aromatic rings. The molecule has 0 aromatic heterocycles. The molecular weight excluding hydrogens is 124 g/mol. The third-order valence-corrected chi connectivity index (χ3v) is 1.82. The average Bonchev–Trinajstić information content (AvgIpc) is 2.70. The lowest BCUT2D eigenvalue weighted by molar-refractivity contribution is 0.137. The van der Waals surface area contributed by atoms with E-state index in [4.69, 9.17) is 0 Å². The Morgan fingerprint density at radius 3 is 2.10 bits per heavy atom. The number of aliphatic hydroxyl groups is 1. The summed E-state index contributed by atoms with van der Waals surface area (Å²) in [7, 11) is 0. The number of rotatable bonds is 3. The first-order chi connectivity index (χ1) is 4.77. The molecule has 1 fully saturated rings. The van der Waals surface area contributed by atoms with Gasteiger partial charge in [0, 0.05) is 0 Å². The number of hydrogen-bond donors (Lipinski definition) is 1. The summed E-state index contributed by atoms with van der Waals surface area (Å²) >= 11 is 0. The van der Waals surface area contributed by atoms with Crippen molar-refractivity contribution in [1.82, 2.24) is 0 Å². The maximum absolute atomic E-state index is 9.26. The van der Waals surface area contributed by atoms with E-state index in [-0.39, 0.29) is 5.60 Å². The van der Waals surface area contributed by atoms with Crippen LogP contribution in [0.4, 0.5) is 0 Å². The van der Waals surface area contributed by atoms with E-state index in [1.807, 2.05) is 13.8 Å². The summed E-state index contributed by atoms with van der Waals surface area (Å²) in [5.41, 5.74) is -0.198. The minimum atomic E-state index is -0.198. The second kappa shape index (κ2) is 4.73. The van der Waals surface area contributed by atoms with E-state index < -0.39 is 0 Å². The molecule has 0 atom stereocenters. The normalized spacial score (nSPS) is 19.2. The summed E-state index contributed by atoms with van der Waals surface area (Å²) in [5, 5.41) is 9.26. The Labute approximate surface area is 64.5 Å². The molecule has 0 unspecified atom stereocenters. The fourth-order valence-corrected chi connectivity index (χ4v) is 0.900. The summed E-state index contributed by atoms with van der Waals surface area (Å²) in [6, 6.07) is 0. The van der Waals surface area contributed by atoms with Crippen LogP contribution >= 0.6 is 0 Å². The van der Waals surface area contributed by atoms with Gasteiger partial charge in [-0.2, -0.15) is 0 Å². The standard InChI is InChI=1S/C7H14O.C2H6/c1-2-3-4-7(8)5-6-7;1-2/h8H,2-6H2,1H3;1-2H3. The second-order valence-electron chi connectivity index (χ2n) is 2.83. The van der Waals surface area contributed by atoms with Crippen molar-refractivity contribution in [3.05, 3.63) is 0 Å². The van der Waals surface area contributed by atoms with E-state index in [0.29, 0.717) is 0 Å². The van der Waals surface area contributed by atoms with E-state index in [1.165, 1.54) is 12.8 Å². The molecular formula is C9H20O. The molecule has 0 radical (unpaired) electrons. The number of hydrogen-bond acceptors (Lipinski definition) is 1. The van der Waals surface area contributed by atoms with E-state index in [9.17, 15) is 5.11 Å². The van der Waals surface area contributed by atoms with Crippen molar-refractivity contribution in [3.63, 3.8) is 0 Å². The van der Waals surface area contributed by atoms with Gasteiger partial charge < -0.3 is 5.11 Å². The topological polar surface area (TPSA) is 20.2 Å².